The first-order valence-electron chi connectivity index (χ1n) is 4.15. The smallest absolute Gasteiger partial charge is 0.166 e. The molecule has 0 spiro atoms. The van der Waals surface area contributed by atoms with Crippen LogP contribution in [0.5, 0.6) is 0 Å². The van der Waals surface area contributed by atoms with E-state index in [0.29, 0.717) is 5.11 Å². The van der Waals surface area contributed by atoms with Crippen LogP contribution in [-0.2, 0) is 6.54 Å². The lowest BCUT2D eigenvalue weighted by Gasteiger charge is -2.16. The molecule has 0 aliphatic rings. The summed E-state index contributed by atoms with van der Waals surface area (Å²) in [5.74, 6) is 0. The molecule has 0 fully saturated rings. The number of benzene rings is 1. The van der Waals surface area contributed by atoms with Crippen LogP contribution in [0.1, 0.15) is 11.1 Å². The number of nitrogens with zero attached hydrogens (tertiary/aromatic N) is 1. The minimum atomic E-state index is 0.432. The van der Waals surface area contributed by atoms with Gasteiger partial charge in [0.1, 0.15) is 0 Å². The van der Waals surface area contributed by atoms with Crippen molar-refractivity contribution in [2.45, 2.75) is 13.5 Å². The maximum atomic E-state index is 5.48. The van der Waals surface area contributed by atoms with Crippen molar-refractivity contribution in [1.29, 1.82) is 0 Å². The van der Waals surface area contributed by atoms with E-state index in [4.69, 9.17) is 18.0 Å². The normalized spacial score (nSPS) is 9.69. The number of thiocarbonyl (C=S) groups is 1. The monoisotopic (exact) mass is 194 g/mol. The largest absolute Gasteiger partial charge is 0.376 e. The number of nitrogens with two attached hydrogens (primary N) is 1. The zero-order valence-corrected chi connectivity index (χ0v) is 8.77. The standard InChI is InChI=1S/C10H14N2S/c1-8-4-3-5-9(6-8)7-12(2)10(11)13/h3-6H,7H2,1-2H3,(H2,11,13). The fourth-order valence-electron chi connectivity index (χ4n) is 1.16. The van der Waals surface area contributed by atoms with Gasteiger partial charge in [-0.3, -0.25) is 0 Å². The van der Waals surface area contributed by atoms with Crippen molar-refractivity contribution >= 4 is 17.3 Å². The maximum Gasteiger partial charge on any atom is 0.166 e. The lowest BCUT2D eigenvalue weighted by atomic mass is 10.1. The first-order chi connectivity index (χ1) is 6.09. The summed E-state index contributed by atoms with van der Waals surface area (Å²) in [6.07, 6.45) is 0. The number of hydrogen-bond donors (Lipinski definition) is 1. The van der Waals surface area contributed by atoms with Crippen LogP contribution in [0, 0.1) is 6.92 Å². The molecule has 0 aromatic heterocycles. The molecule has 0 atom stereocenters. The number of hydrogen-bond acceptors (Lipinski definition) is 1. The maximum absolute atomic E-state index is 5.48. The molecule has 0 heterocycles. The highest BCUT2D eigenvalue weighted by atomic mass is 32.1. The lowest BCUT2D eigenvalue weighted by Crippen LogP contribution is -2.31. The average Bonchev–Trinajstić information content (AvgIpc) is 2.04. The highest BCUT2D eigenvalue weighted by Crippen LogP contribution is 2.06. The van der Waals surface area contributed by atoms with E-state index in [-0.39, 0.29) is 0 Å². The molecule has 1 aromatic carbocycles. The minimum absolute atomic E-state index is 0.432. The molecule has 70 valence electrons. The Kier molecular flexibility index (Phi) is 3.25. The summed E-state index contributed by atoms with van der Waals surface area (Å²) in [6, 6.07) is 8.32. The second-order valence-electron chi connectivity index (χ2n) is 3.18. The van der Waals surface area contributed by atoms with Crippen molar-refractivity contribution in [3.63, 3.8) is 0 Å². The van der Waals surface area contributed by atoms with Gasteiger partial charge in [0.2, 0.25) is 0 Å². The summed E-state index contributed by atoms with van der Waals surface area (Å²) in [5.41, 5.74) is 7.97. The predicted octanol–water partition coefficient (Wildman–Crippen LogP) is 1.67. The molecular weight excluding hydrogens is 180 g/mol. The second-order valence-corrected chi connectivity index (χ2v) is 3.60. The first kappa shape index (κ1) is 9.99. The molecular formula is C10H14N2S. The van der Waals surface area contributed by atoms with E-state index in [0.717, 1.165) is 6.54 Å². The lowest BCUT2D eigenvalue weighted by molar-refractivity contribution is 0.504. The Morgan fingerprint density at radius 1 is 1.54 bits per heavy atom. The molecule has 0 aliphatic heterocycles. The third-order valence-corrected chi connectivity index (χ3v) is 2.19. The average molecular weight is 194 g/mol. The quantitative estimate of drug-likeness (QED) is 0.726. The highest BCUT2D eigenvalue weighted by molar-refractivity contribution is 7.80. The highest BCUT2D eigenvalue weighted by Gasteiger charge is 2.00. The van der Waals surface area contributed by atoms with Crippen LogP contribution in [0.2, 0.25) is 0 Å². The van der Waals surface area contributed by atoms with Crippen LogP contribution < -0.4 is 5.73 Å². The van der Waals surface area contributed by atoms with Gasteiger partial charge in [-0.15, -0.1) is 0 Å². The molecule has 1 aromatic rings. The molecule has 0 saturated carbocycles. The molecule has 0 amide bonds. The molecule has 0 radical (unpaired) electrons. The van der Waals surface area contributed by atoms with Crippen LogP contribution in [-0.4, -0.2) is 17.1 Å². The summed E-state index contributed by atoms with van der Waals surface area (Å²) in [5, 5.41) is 0.432. The Balaban J connectivity index is 2.69. The fraction of sp³-hybridized carbons (Fsp3) is 0.300. The fourth-order valence-corrected chi connectivity index (χ4v) is 1.23. The number of rotatable bonds is 2. The van der Waals surface area contributed by atoms with Crippen molar-refractivity contribution in [2.75, 3.05) is 7.05 Å². The minimum Gasteiger partial charge on any atom is -0.376 e. The van der Waals surface area contributed by atoms with Gasteiger partial charge in [-0.25, -0.2) is 0 Å². The summed E-state index contributed by atoms with van der Waals surface area (Å²) < 4.78 is 0. The van der Waals surface area contributed by atoms with Gasteiger partial charge in [-0.1, -0.05) is 29.8 Å². The van der Waals surface area contributed by atoms with E-state index in [2.05, 4.69) is 25.1 Å². The van der Waals surface area contributed by atoms with E-state index >= 15 is 0 Å². The Bertz CT molecular complexity index is 310. The van der Waals surface area contributed by atoms with E-state index in [9.17, 15) is 0 Å². The van der Waals surface area contributed by atoms with E-state index in [1.807, 2.05) is 18.0 Å². The summed E-state index contributed by atoms with van der Waals surface area (Å²) in [6.45, 7) is 2.85. The predicted molar refractivity (Wildman–Crippen MR) is 59.4 cm³/mol. The molecule has 0 saturated heterocycles. The molecule has 2 nitrogen and oxygen atoms in total. The summed E-state index contributed by atoms with van der Waals surface area (Å²) in [7, 11) is 1.89. The Morgan fingerprint density at radius 3 is 2.77 bits per heavy atom. The van der Waals surface area contributed by atoms with Crippen LogP contribution in [0.3, 0.4) is 0 Å². The van der Waals surface area contributed by atoms with Crippen molar-refractivity contribution in [1.82, 2.24) is 4.90 Å². The van der Waals surface area contributed by atoms with Gasteiger partial charge in [0.05, 0.1) is 0 Å². The van der Waals surface area contributed by atoms with Crippen molar-refractivity contribution in [3.8, 4) is 0 Å². The van der Waals surface area contributed by atoms with Gasteiger partial charge < -0.3 is 10.6 Å². The second kappa shape index (κ2) is 4.23. The third-order valence-electron chi connectivity index (χ3n) is 1.88. The molecule has 13 heavy (non-hydrogen) atoms. The Morgan fingerprint density at radius 2 is 2.23 bits per heavy atom. The van der Waals surface area contributed by atoms with Gasteiger partial charge in [0.25, 0.3) is 0 Å². The summed E-state index contributed by atoms with van der Waals surface area (Å²) in [4.78, 5) is 1.85. The van der Waals surface area contributed by atoms with Gasteiger partial charge in [0.15, 0.2) is 5.11 Å². The SMILES string of the molecule is Cc1cccc(CN(C)C(N)=S)c1. The van der Waals surface area contributed by atoms with Crippen LogP contribution in [0.25, 0.3) is 0 Å². The summed E-state index contributed by atoms with van der Waals surface area (Å²) >= 11 is 4.85. The van der Waals surface area contributed by atoms with Gasteiger partial charge >= 0.3 is 0 Å². The van der Waals surface area contributed by atoms with Crippen LogP contribution in [0.15, 0.2) is 24.3 Å². The molecule has 0 unspecified atom stereocenters. The Hall–Kier alpha value is -1.09. The van der Waals surface area contributed by atoms with Gasteiger partial charge in [-0.2, -0.15) is 0 Å². The third kappa shape index (κ3) is 3.03. The zero-order chi connectivity index (χ0) is 9.84. The van der Waals surface area contributed by atoms with E-state index in [1.165, 1.54) is 11.1 Å². The molecule has 2 N–H and O–H groups in total. The molecule has 3 heteroatoms. The molecule has 0 aliphatic carbocycles. The van der Waals surface area contributed by atoms with Crippen molar-refractivity contribution < 1.29 is 0 Å². The number of aryl methyl sites for hydroxylation is 1. The van der Waals surface area contributed by atoms with Gasteiger partial charge in [-0.05, 0) is 24.7 Å². The Labute approximate surface area is 84.3 Å². The molecule has 0 bridgehead atoms. The van der Waals surface area contributed by atoms with Gasteiger partial charge in [0, 0.05) is 13.6 Å². The van der Waals surface area contributed by atoms with E-state index in [1.54, 1.807) is 0 Å². The molecule has 1 rings (SSSR count). The van der Waals surface area contributed by atoms with Crippen LogP contribution in [0.4, 0.5) is 0 Å². The van der Waals surface area contributed by atoms with Crippen molar-refractivity contribution in [3.05, 3.63) is 35.4 Å². The van der Waals surface area contributed by atoms with E-state index < -0.39 is 0 Å². The first-order valence-corrected chi connectivity index (χ1v) is 4.56. The zero-order valence-electron chi connectivity index (χ0n) is 7.95. The topological polar surface area (TPSA) is 29.3 Å². The van der Waals surface area contributed by atoms with Crippen molar-refractivity contribution in [2.24, 2.45) is 5.73 Å². The van der Waals surface area contributed by atoms with Crippen LogP contribution >= 0.6 is 12.2 Å².